The zero-order valence-corrected chi connectivity index (χ0v) is 9.94. The fourth-order valence-electron chi connectivity index (χ4n) is 1.39. The minimum atomic E-state index is -0.520. The smallest absolute Gasteiger partial charge is 0.308 e. The molecule has 0 bridgehead atoms. The largest absolute Gasteiger partial charge is 0.493 e. The molecule has 1 rings (SSSR count). The molecular weight excluding hydrogens is 224 g/mol. The molecule has 1 aromatic rings. The lowest BCUT2D eigenvalue weighted by Gasteiger charge is -2.13. The Hall–Kier alpha value is -1.88. The Morgan fingerprint density at radius 2 is 1.94 bits per heavy atom. The van der Waals surface area contributed by atoms with E-state index in [1.54, 1.807) is 0 Å². The maximum Gasteiger partial charge on any atom is 0.308 e. The quantitative estimate of drug-likeness (QED) is 0.486. The standard InChI is InChI=1S/C12H14O5/c1-7(14)9-4-10(6-13)12(17-8(2)15)11(5-9)16-3/h4-5,13H,6H2,1-3H3. The number of esters is 1. The van der Waals surface area contributed by atoms with Gasteiger partial charge in [0.1, 0.15) is 0 Å². The van der Waals surface area contributed by atoms with Gasteiger partial charge in [0.2, 0.25) is 0 Å². The molecule has 0 aliphatic rings. The minimum absolute atomic E-state index is 0.146. The van der Waals surface area contributed by atoms with Crippen LogP contribution in [0.3, 0.4) is 0 Å². The third kappa shape index (κ3) is 3.04. The Balaban J connectivity index is 3.35. The molecule has 0 saturated heterocycles. The number of methoxy groups -OCH3 is 1. The predicted octanol–water partition coefficient (Wildman–Crippen LogP) is 1.32. The number of aliphatic hydroxyl groups excluding tert-OH is 1. The van der Waals surface area contributed by atoms with Gasteiger partial charge >= 0.3 is 5.97 Å². The number of carbonyl (C=O) groups excluding carboxylic acids is 2. The Kier molecular flexibility index (Phi) is 4.23. The molecule has 0 fully saturated rings. The van der Waals surface area contributed by atoms with E-state index in [1.165, 1.54) is 33.1 Å². The molecule has 0 aliphatic carbocycles. The Bertz CT molecular complexity index is 425. The third-order valence-corrected chi connectivity index (χ3v) is 2.17. The summed E-state index contributed by atoms with van der Waals surface area (Å²) in [6.45, 7) is 2.31. The number of hydrogen-bond acceptors (Lipinski definition) is 5. The average Bonchev–Trinajstić information content (AvgIpc) is 2.28. The van der Waals surface area contributed by atoms with E-state index in [9.17, 15) is 14.7 Å². The van der Waals surface area contributed by atoms with Gasteiger partial charge < -0.3 is 14.6 Å². The van der Waals surface area contributed by atoms with E-state index in [0.29, 0.717) is 11.1 Å². The van der Waals surface area contributed by atoms with Gasteiger partial charge in [-0.1, -0.05) is 0 Å². The van der Waals surface area contributed by atoms with Crippen LogP contribution in [0.1, 0.15) is 29.8 Å². The van der Waals surface area contributed by atoms with Gasteiger partial charge in [-0.3, -0.25) is 9.59 Å². The molecule has 5 nitrogen and oxygen atoms in total. The Morgan fingerprint density at radius 3 is 2.35 bits per heavy atom. The highest BCUT2D eigenvalue weighted by Gasteiger charge is 2.16. The van der Waals surface area contributed by atoms with Gasteiger partial charge in [-0.25, -0.2) is 0 Å². The van der Waals surface area contributed by atoms with Crippen molar-refractivity contribution in [2.45, 2.75) is 20.5 Å². The van der Waals surface area contributed by atoms with Crippen molar-refractivity contribution in [3.8, 4) is 11.5 Å². The van der Waals surface area contributed by atoms with Crippen molar-refractivity contribution in [2.24, 2.45) is 0 Å². The Morgan fingerprint density at radius 1 is 1.29 bits per heavy atom. The van der Waals surface area contributed by atoms with Gasteiger partial charge in [-0.15, -0.1) is 0 Å². The first kappa shape index (κ1) is 13.2. The van der Waals surface area contributed by atoms with E-state index >= 15 is 0 Å². The van der Waals surface area contributed by atoms with Crippen LogP contribution in [0, 0.1) is 0 Å². The van der Waals surface area contributed by atoms with E-state index in [-0.39, 0.29) is 23.9 Å². The first-order valence-electron chi connectivity index (χ1n) is 5.00. The van der Waals surface area contributed by atoms with Crippen LogP contribution in [-0.4, -0.2) is 24.0 Å². The van der Waals surface area contributed by atoms with Crippen LogP contribution in [-0.2, 0) is 11.4 Å². The summed E-state index contributed by atoms with van der Waals surface area (Å²) in [5.41, 5.74) is 0.728. The SMILES string of the molecule is COc1cc(C(C)=O)cc(CO)c1OC(C)=O. The molecule has 5 heteroatoms. The molecule has 1 aromatic carbocycles. The molecule has 0 aliphatic heterocycles. The molecule has 92 valence electrons. The van der Waals surface area contributed by atoms with Gasteiger partial charge in [-0.2, -0.15) is 0 Å². The molecule has 0 atom stereocenters. The molecule has 1 N–H and O–H groups in total. The van der Waals surface area contributed by atoms with Crippen molar-refractivity contribution in [3.05, 3.63) is 23.3 Å². The monoisotopic (exact) mass is 238 g/mol. The number of Topliss-reactive ketones (excluding diaryl/α,β-unsaturated/α-hetero) is 1. The summed E-state index contributed by atoms with van der Waals surface area (Å²) in [6, 6.07) is 2.95. The topological polar surface area (TPSA) is 72.8 Å². The molecule has 0 unspecified atom stereocenters. The lowest BCUT2D eigenvalue weighted by atomic mass is 10.1. The highest BCUT2D eigenvalue weighted by Crippen LogP contribution is 2.33. The molecule has 0 heterocycles. The van der Waals surface area contributed by atoms with Crippen molar-refractivity contribution < 1.29 is 24.2 Å². The van der Waals surface area contributed by atoms with Crippen molar-refractivity contribution in [1.82, 2.24) is 0 Å². The van der Waals surface area contributed by atoms with E-state index in [0.717, 1.165) is 0 Å². The minimum Gasteiger partial charge on any atom is -0.493 e. The first-order valence-corrected chi connectivity index (χ1v) is 5.00. The van der Waals surface area contributed by atoms with Crippen LogP contribution < -0.4 is 9.47 Å². The average molecular weight is 238 g/mol. The number of hydrogen-bond donors (Lipinski definition) is 1. The number of aliphatic hydroxyl groups is 1. The second-order valence-electron chi connectivity index (χ2n) is 3.47. The summed E-state index contributed by atoms with van der Waals surface area (Å²) in [5, 5.41) is 9.20. The number of ketones is 1. The molecule has 0 aromatic heterocycles. The van der Waals surface area contributed by atoms with Crippen LogP contribution >= 0.6 is 0 Å². The van der Waals surface area contributed by atoms with Gasteiger partial charge in [0, 0.05) is 18.1 Å². The number of carbonyl (C=O) groups is 2. The van der Waals surface area contributed by atoms with Crippen LogP contribution in [0.5, 0.6) is 11.5 Å². The predicted molar refractivity (Wildman–Crippen MR) is 60.2 cm³/mol. The zero-order chi connectivity index (χ0) is 13.0. The Labute approximate surface area is 99.0 Å². The second kappa shape index (κ2) is 5.45. The second-order valence-corrected chi connectivity index (χ2v) is 3.47. The van der Waals surface area contributed by atoms with Crippen LogP contribution in [0.25, 0.3) is 0 Å². The zero-order valence-electron chi connectivity index (χ0n) is 9.94. The summed E-state index contributed by atoms with van der Waals surface area (Å²) in [7, 11) is 1.40. The summed E-state index contributed by atoms with van der Waals surface area (Å²) < 4.78 is 10.00. The van der Waals surface area contributed by atoms with E-state index in [4.69, 9.17) is 9.47 Å². The van der Waals surface area contributed by atoms with Crippen LogP contribution in [0.4, 0.5) is 0 Å². The fourth-order valence-corrected chi connectivity index (χ4v) is 1.39. The van der Waals surface area contributed by atoms with Crippen LogP contribution in [0.2, 0.25) is 0 Å². The van der Waals surface area contributed by atoms with Gasteiger partial charge in [0.15, 0.2) is 17.3 Å². The van der Waals surface area contributed by atoms with E-state index in [1.807, 2.05) is 0 Å². The first-order chi connectivity index (χ1) is 7.99. The van der Waals surface area contributed by atoms with Gasteiger partial charge in [0.25, 0.3) is 0 Å². The summed E-state index contributed by atoms with van der Waals surface area (Å²) in [4.78, 5) is 22.2. The third-order valence-electron chi connectivity index (χ3n) is 2.17. The molecule has 0 radical (unpaired) electrons. The van der Waals surface area contributed by atoms with Gasteiger partial charge in [0.05, 0.1) is 13.7 Å². The van der Waals surface area contributed by atoms with E-state index in [2.05, 4.69) is 0 Å². The molecule has 0 saturated carbocycles. The summed E-state index contributed by atoms with van der Waals surface area (Å²) >= 11 is 0. The molecule has 0 amide bonds. The maximum atomic E-state index is 11.3. The van der Waals surface area contributed by atoms with Crippen LogP contribution in [0.15, 0.2) is 12.1 Å². The van der Waals surface area contributed by atoms with Crippen molar-refractivity contribution in [2.75, 3.05) is 7.11 Å². The summed E-state index contributed by atoms with van der Waals surface area (Å²) in [6.07, 6.45) is 0. The molecule has 17 heavy (non-hydrogen) atoms. The van der Waals surface area contributed by atoms with Crippen molar-refractivity contribution in [3.63, 3.8) is 0 Å². The highest BCUT2D eigenvalue weighted by molar-refractivity contribution is 5.95. The number of ether oxygens (including phenoxy) is 2. The van der Waals surface area contributed by atoms with E-state index < -0.39 is 5.97 Å². The lowest BCUT2D eigenvalue weighted by Crippen LogP contribution is -2.07. The molecule has 0 spiro atoms. The van der Waals surface area contributed by atoms with Crippen molar-refractivity contribution in [1.29, 1.82) is 0 Å². The number of rotatable bonds is 4. The lowest BCUT2D eigenvalue weighted by molar-refractivity contribution is -0.132. The maximum absolute atomic E-state index is 11.3. The highest BCUT2D eigenvalue weighted by atomic mass is 16.6. The molecular formula is C12H14O5. The normalized spacial score (nSPS) is 9.88. The number of benzene rings is 1. The fraction of sp³-hybridized carbons (Fsp3) is 0.333. The summed E-state index contributed by atoms with van der Waals surface area (Å²) in [5.74, 6) is -0.287. The van der Waals surface area contributed by atoms with Crippen molar-refractivity contribution >= 4 is 11.8 Å². The van der Waals surface area contributed by atoms with Gasteiger partial charge in [-0.05, 0) is 19.1 Å².